The van der Waals surface area contributed by atoms with Crippen LogP contribution in [0.2, 0.25) is 0 Å². The van der Waals surface area contributed by atoms with Crippen LogP contribution in [0.4, 0.5) is 4.39 Å². The van der Waals surface area contributed by atoms with Crippen molar-refractivity contribution in [3.63, 3.8) is 0 Å². The molecule has 1 aromatic heterocycles. The lowest BCUT2D eigenvalue weighted by Crippen LogP contribution is -2.24. The molecule has 3 nitrogen and oxygen atoms in total. The van der Waals surface area contributed by atoms with Crippen LogP contribution >= 0.6 is 0 Å². The SMILES string of the molecule is CCN(Cc1cccc(F)c1C)Cc1nccn1C. The summed E-state index contributed by atoms with van der Waals surface area (Å²) in [4.78, 5) is 6.59. The molecule has 1 heterocycles. The highest BCUT2D eigenvalue weighted by Crippen LogP contribution is 2.15. The van der Waals surface area contributed by atoms with Crippen LogP contribution in [0.1, 0.15) is 23.9 Å². The minimum atomic E-state index is -0.134. The van der Waals surface area contributed by atoms with E-state index >= 15 is 0 Å². The summed E-state index contributed by atoms with van der Waals surface area (Å²) in [7, 11) is 1.99. The average Bonchev–Trinajstić information content (AvgIpc) is 2.79. The fourth-order valence-corrected chi connectivity index (χ4v) is 2.09. The predicted molar refractivity (Wildman–Crippen MR) is 74.1 cm³/mol. The van der Waals surface area contributed by atoms with Crippen molar-refractivity contribution < 1.29 is 4.39 Å². The first-order chi connectivity index (χ1) is 9.11. The Labute approximate surface area is 113 Å². The van der Waals surface area contributed by atoms with E-state index in [0.29, 0.717) is 0 Å². The summed E-state index contributed by atoms with van der Waals surface area (Å²) in [6.07, 6.45) is 3.74. The number of rotatable bonds is 5. The van der Waals surface area contributed by atoms with E-state index in [4.69, 9.17) is 0 Å². The topological polar surface area (TPSA) is 21.1 Å². The van der Waals surface area contributed by atoms with Gasteiger partial charge >= 0.3 is 0 Å². The number of aryl methyl sites for hydroxylation is 1. The Morgan fingerprint density at radius 3 is 2.74 bits per heavy atom. The van der Waals surface area contributed by atoms with Crippen molar-refractivity contribution in [2.24, 2.45) is 7.05 Å². The lowest BCUT2D eigenvalue weighted by Gasteiger charge is -2.21. The number of hydrogen-bond donors (Lipinski definition) is 0. The lowest BCUT2D eigenvalue weighted by molar-refractivity contribution is 0.261. The van der Waals surface area contributed by atoms with Crippen molar-refractivity contribution in [2.45, 2.75) is 26.9 Å². The second kappa shape index (κ2) is 5.97. The van der Waals surface area contributed by atoms with Gasteiger partial charge in [0.15, 0.2) is 0 Å². The van der Waals surface area contributed by atoms with Gasteiger partial charge in [-0.25, -0.2) is 9.37 Å². The average molecular weight is 261 g/mol. The van der Waals surface area contributed by atoms with E-state index in [-0.39, 0.29) is 5.82 Å². The van der Waals surface area contributed by atoms with Gasteiger partial charge in [0.25, 0.3) is 0 Å². The Morgan fingerprint density at radius 2 is 2.11 bits per heavy atom. The maximum Gasteiger partial charge on any atom is 0.126 e. The van der Waals surface area contributed by atoms with E-state index in [1.54, 1.807) is 12.3 Å². The molecule has 0 spiro atoms. The number of halogens is 1. The fraction of sp³-hybridized carbons (Fsp3) is 0.400. The van der Waals surface area contributed by atoms with Gasteiger partial charge in [-0.3, -0.25) is 4.90 Å². The Kier molecular flexibility index (Phi) is 4.32. The zero-order valence-electron chi connectivity index (χ0n) is 11.7. The number of hydrogen-bond acceptors (Lipinski definition) is 2. The number of benzene rings is 1. The van der Waals surface area contributed by atoms with Crippen molar-refractivity contribution in [1.82, 2.24) is 14.5 Å². The molecule has 0 aliphatic heterocycles. The van der Waals surface area contributed by atoms with Gasteiger partial charge < -0.3 is 4.57 Å². The van der Waals surface area contributed by atoms with Crippen LogP contribution in [0.5, 0.6) is 0 Å². The van der Waals surface area contributed by atoms with Gasteiger partial charge in [0.1, 0.15) is 11.6 Å². The first-order valence-electron chi connectivity index (χ1n) is 6.54. The molecular formula is C15H20FN3. The maximum atomic E-state index is 13.5. The van der Waals surface area contributed by atoms with E-state index in [1.807, 2.05) is 30.8 Å². The van der Waals surface area contributed by atoms with Crippen molar-refractivity contribution >= 4 is 0 Å². The summed E-state index contributed by atoms with van der Waals surface area (Å²) in [6, 6.07) is 5.26. The molecule has 0 saturated heterocycles. The van der Waals surface area contributed by atoms with Crippen LogP contribution in [0.3, 0.4) is 0 Å². The zero-order valence-corrected chi connectivity index (χ0v) is 11.7. The second-order valence-electron chi connectivity index (χ2n) is 4.78. The van der Waals surface area contributed by atoms with Crippen LogP contribution in [0.25, 0.3) is 0 Å². The third kappa shape index (κ3) is 3.20. The van der Waals surface area contributed by atoms with Crippen molar-refractivity contribution in [2.75, 3.05) is 6.54 Å². The molecule has 0 amide bonds. The zero-order chi connectivity index (χ0) is 13.8. The van der Waals surface area contributed by atoms with Gasteiger partial charge in [0.05, 0.1) is 6.54 Å². The molecule has 2 aromatic rings. The Balaban J connectivity index is 2.11. The van der Waals surface area contributed by atoms with E-state index in [1.165, 1.54) is 6.07 Å². The van der Waals surface area contributed by atoms with Gasteiger partial charge in [-0.2, -0.15) is 0 Å². The molecule has 0 unspecified atom stereocenters. The minimum Gasteiger partial charge on any atom is -0.337 e. The highest BCUT2D eigenvalue weighted by molar-refractivity contribution is 5.27. The maximum absolute atomic E-state index is 13.5. The fourth-order valence-electron chi connectivity index (χ4n) is 2.09. The molecule has 0 aliphatic carbocycles. The quantitative estimate of drug-likeness (QED) is 0.825. The summed E-state index contributed by atoms with van der Waals surface area (Å²) in [5.41, 5.74) is 1.77. The van der Waals surface area contributed by atoms with Gasteiger partial charge in [-0.1, -0.05) is 19.1 Å². The molecule has 0 aliphatic rings. The summed E-state index contributed by atoms with van der Waals surface area (Å²) < 4.78 is 15.6. The molecule has 4 heteroatoms. The summed E-state index contributed by atoms with van der Waals surface area (Å²) in [5.74, 6) is 0.890. The van der Waals surface area contributed by atoms with Gasteiger partial charge in [-0.05, 0) is 30.7 Å². The Morgan fingerprint density at radius 1 is 1.32 bits per heavy atom. The van der Waals surface area contributed by atoms with Gasteiger partial charge in [0.2, 0.25) is 0 Å². The number of imidazole rings is 1. The predicted octanol–water partition coefficient (Wildman–Crippen LogP) is 2.89. The first-order valence-corrected chi connectivity index (χ1v) is 6.54. The third-order valence-electron chi connectivity index (χ3n) is 3.51. The highest BCUT2D eigenvalue weighted by atomic mass is 19.1. The smallest absolute Gasteiger partial charge is 0.126 e. The van der Waals surface area contributed by atoms with Crippen LogP contribution in [0, 0.1) is 12.7 Å². The molecule has 1 aromatic carbocycles. The standard InChI is InChI=1S/C15H20FN3/c1-4-19(11-15-17-8-9-18(15)3)10-13-6-5-7-14(16)12(13)2/h5-9H,4,10-11H2,1-3H3. The van der Waals surface area contributed by atoms with Crippen LogP contribution in [0.15, 0.2) is 30.6 Å². The monoisotopic (exact) mass is 261 g/mol. The summed E-state index contributed by atoms with van der Waals surface area (Å²) in [6.45, 7) is 6.36. The van der Waals surface area contributed by atoms with E-state index < -0.39 is 0 Å². The largest absolute Gasteiger partial charge is 0.337 e. The number of aromatic nitrogens is 2. The van der Waals surface area contributed by atoms with Crippen LogP contribution in [-0.2, 0) is 20.1 Å². The van der Waals surface area contributed by atoms with Crippen molar-refractivity contribution in [3.05, 3.63) is 53.4 Å². The molecule has 102 valence electrons. The Bertz CT molecular complexity index is 548. The molecule has 0 fully saturated rings. The summed E-state index contributed by atoms with van der Waals surface area (Å²) >= 11 is 0. The molecule has 0 bridgehead atoms. The molecular weight excluding hydrogens is 241 g/mol. The van der Waals surface area contributed by atoms with E-state index in [0.717, 1.165) is 36.6 Å². The molecule has 0 N–H and O–H groups in total. The minimum absolute atomic E-state index is 0.134. The van der Waals surface area contributed by atoms with Crippen molar-refractivity contribution in [1.29, 1.82) is 0 Å². The molecule has 19 heavy (non-hydrogen) atoms. The third-order valence-corrected chi connectivity index (χ3v) is 3.51. The van der Waals surface area contributed by atoms with E-state index in [9.17, 15) is 4.39 Å². The van der Waals surface area contributed by atoms with Gasteiger partial charge in [-0.15, -0.1) is 0 Å². The van der Waals surface area contributed by atoms with Gasteiger partial charge in [0, 0.05) is 26.0 Å². The Hall–Kier alpha value is -1.68. The number of nitrogens with zero attached hydrogens (tertiary/aromatic N) is 3. The highest BCUT2D eigenvalue weighted by Gasteiger charge is 2.10. The van der Waals surface area contributed by atoms with Crippen LogP contribution < -0.4 is 0 Å². The molecule has 0 radical (unpaired) electrons. The normalized spacial score (nSPS) is 11.2. The second-order valence-corrected chi connectivity index (χ2v) is 4.78. The van der Waals surface area contributed by atoms with Crippen LogP contribution in [-0.4, -0.2) is 21.0 Å². The molecule has 0 atom stereocenters. The molecule has 0 saturated carbocycles. The molecule has 2 rings (SSSR count). The van der Waals surface area contributed by atoms with Crippen molar-refractivity contribution in [3.8, 4) is 0 Å². The summed E-state index contributed by atoms with van der Waals surface area (Å²) in [5, 5.41) is 0. The lowest BCUT2D eigenvalue weighted by atomic mass is 10.1. The van der Waals surface area contributed by atoms with E-state index in [2.05, 4.69) is 16.8 Å². The first kappa shape index (κ1) is 13.7.